The SMILES string of the molecule is CC(=N)CC(=O)NC1=CCCC=C1. The summed E-state index contributed by atoms with van der Waals surface area (Å²) < 4.78 is 0. The van der Waals surface area contributed by atoms with E-state index in [-0.39, 0.29) is 12.3 Å². The maximum Gasteiger partial charge on any atom is 0.229 e. The normalized spacial score (nSPS) is 15.0. The van der Waals surface area contributed by atoms with Crippen LogP contribution in [-0.4, -0.2) is 11.6 Å². The van der Waals surface area contributed by atoms with Crippen LogP contribution in [0.3, 0.4) is 0 Å². The molecule has 2 N–H and O–H groups in total. The van der Waals surface area contributed by atoms with Crippen LogP contribution in [0.4, 0.5) is 0 Å². The smallest absolute Gasteiger partial charge is 0.229 e. The van der Waals surface area contributed by atoms with Gasteiger partial charge in [0.25, 0.3) is 0 Å². The van der Waals surface area contributed by atoms with Crippen LogP contribution >= 0.6 is 0 Å². The van der Waals surface area contributed by atoms with Gasteiger partial charge < -0.3 is 10.7 Å². The van der Waals surface area contributed by atoms with Crippen molar-refractivity contribution in [2.24, 2.45) is 0 Å². The number of allylic oxidation sites excluding steroid dienone is 3. The fourth-order valence-corrected chi connectivity index (χ4v) is 1.15. The molecule has 1 amide bonds. The molecule has 3 nitrogen and oxygen atoms in total. The molecule has 1 rings (SSSR count). The van der Waals surface area contributed by atoms with Crippen LogP contribution in [0.5, 0.6) is 0 Å². The van der Waals surface area contributed by atoms with Gasteiger partial charge in [-0.2, -0.15) is 0 Å². The standard InChI is InChI=1S/C10H14N2O/c1-8(11)7-10(13)12-9-5-3-2-4-6-9/h3,5-6,11H,2,4,7H2,1H3,(H,12,13). The highest BCUT2D eigenvalue weighted by molar-refractivity contribution is 5.98. The van der Waals surface area contributed by atoms with E-state index in [2.05, 4.69) is 5.32 Å². The number of hydrogen-bond acceptors (Lipinski definition) is 2. The summed E-state index contributed by atoms with van der Waals surface area (Å²) in [6.07, 6.45) is 8.15. The zero-order valence-corrected chi connectivity index (χ0v) is 7.76. The molecular weight excluding hydrogens is 164 g/mol. The van der Waals surface area contributed by atoms with Crippen molar-refractivity contribution in [2.75, 3.05) is 0 Å². The van der Waals surface area contributed by atoms with Crippen molar-refractivity contribution < 1.29 is 4.79 Å². The highest BCUT2D eigenvalue weighted by Crippen LogP contribution is 2.06. The summed E-state index contributed by atoms with van der Waals surface area (Å²) in [5, 5.41) is 9.89. The van der Waals surface area contributed by atoms with Gasteiger partial charge in [0.05, 0.1) is 6.42 Å². The Morgan fingerprint density at radius 2 is 2.38 bits per heavy atom. The van der Waals surface area contributed by atoms with Gasteiger partial charge in [0.15, 0.2) is 0 Å². The van der Waals surface area contributed by atoms with Crippen molar-refractivity contribution >= 4 is 11.6 Å². The van der Waals surface area contributed by atoms with Gasteiger partial charge in [0.1, 0.15) is 0 Å². The Hall–Kier alpha value is -1.38. The number of amides is 1. The molecule has 0 atom stereocenters. The lowest BCUT2D eigenvalue weighted by molar-refractivity contribution is -0.119. The van der Waals surface area contributed by atoms with Crippen LogP contribution in [0.15, 0.2) is 23.9 Å². The topological polar surface area (TPSA) is 53.0 Å². The van der Waals surface area contributed by atoms with Gasteiger partial charge in [-0.3, -0.25) is 4.79 Å². The number of nitrogens with one attached hydrogen (secondary N) is 2. The van der Waals surface area contributed by atoms with Crippen molar-refractivity contribution in [1.29, 1.82) is 5.41 Å². The summed E-state index contributed by atoms with van der Waals surface area (Å²) in [6, 6.07) is 0. The lowest BCUT2D eigenvalue weighted by Gasteiger charge is -2.08. The van der Waals surface area contributed by atoms with E-state index in [1.807, 2.05) is 18.2 Å². The third-order valence-electron chi connectivity index (χ3n) is 1.70. The van der Waals surface area contributed by atoms with E-state index in [9.17, 15) is 4.79 Å². The Kier molecular flexibility index (Phi) is 3.43. The van der Waals surface area contributed by atoms with Crippen LogP contribution in [0.1, 0.15) is 26.2 Å². The Morgan fingerprint density at radius 3 is 2.92 bits per heavy atom. The molecule has 0 unspecified atom stereocenters. The second-order valence-electron chi connectivity index (χ2n) is 3.14. The molecule has 0 saturated heterocycles. The summed E-state index contributed by atoms with van der Waals surface area (Å²) in [6.45, 7) is 1.63. The molecule has 70 valence electrons. The molecule has 0 saturated carbocycles. The van der Waals surface area contributed by atoms with Crippen molar-refractivity contribution in [1.82, 2.24) is 5.32 Å². The minimum absolute atomic E-state index is 0.106. The lowest BCUT2D eigenvalue weighted by Crippen LogP contribution is -2.23. The van der Waals surface area contributed by atoms with E-state index in [1.165, 1.54) is 0 Å². The predicted molar refractivity (Wildman–Crippen MR) is 52.6 cm³/mol. The molecule has 0 bridgehead atoms. The number of carbonyl (C=O) groups excluding carboxylic acids is 1. The second kappa shape index (κ2) is 4.60. The van der Waals surface area contributed by atoms with Gasteiger partial charge in [0.2, 0.25) is 5.91 Å². The molecule has 1 aliphatic rings. The summed E-state index contributed by atoms with van der Waals surface area (Å²) in [5.41, 5.74) is 1.25. The van der Waals surface area contributed by atoms with Gasteiger partial charge in [-0.05, 0) is 25.8 Å². The average molecular weight is 178 g/mol. The predicted octanol–water partition coefficient (Wildman–Crippen LogP) is 1.77. The van der Waals surface area contributed by atoms with Gasteiger partial charge >= 0.3 is 0 Å². The summed E-state index contributed by atoms with van der Waals surface area (Å²) in [7, 11) is 0. The highest BCUT2D eigenvalue weighted by atomic mass is 16.1. The zero-order chi connectivity index (χ0) is 9.68. The number of rotatable bonds is 3. The first-order valence-electron chi connectivity index (χ1n) is 4.39. The number of hydrogen-bond donors (Lipinski definition) is 2. The lowest BCUT2D eigenvalue weighted by atomic mass is 10.1. The molecule has 3 heteroatoms. The van der Waals surface area contributed by atoms with Crippen LogP contribution in [-0.2, 0) is 4.79 Å². The van der Waals surface area contributed by atoms with E-state index >= 15 is 0 Å². The summed E-state index contributed by atoms with van der Waals surface area (Å²) in [5.74, 6) is -0.106. The monoisotopic (exact) mass is 178 g/mol. The Morgan fingerprint density at radius 1 is 1.62 bits per heavy atom. The molecule has 0 aliphatic heterocycles. The fourth-order valence-electron chi connectivity index (χ4n) is 1.15. The molecule has 0 aromatic rings. The molecule has 0 radical (unpaired) electrons. The quantitative estimate of drug-likeness (QED) is 0.636. The van der Waals surface area contributed by atoms with E-state index in [0.29, 0.717) is 5.71 Å². The molecule has 0 aromatic carbocycles. The molecule has 0 spiro atoms. The van der Waals surface area contributed by atoms with Crippen LogP contribution in [0.25, 0.3) is 0 Å². The zero-order valence-electron chi connectivity index (χ0n) is 7.76. The third kappa shape index (κ3) is 3.69. The number of carbonyl (C=O) groups is 1. The molecule has 0 fully saturated rings. The van der Waals surface area contributed by atoms with Crippen molar-refractivity contribution in [3.05, 3.63) is 23.9 Å². The van der Waals surface area contributed by atoms with Crippen molar-refractivity contribution in [3.8, 4) is 0 Å². The highest BCUT2D eigenvalue weighted by Gasteiger charge is 2.04. The largest absolute Gasteiger partial charge is 0.326 e. The summed E-state index contributed by atoms with van der Waals surface area (Å²) in [4.78, 5) is 11.2. The first-order valence-corrected chi connectivity index (χ1v) is 4.39. The van der Waals surface area contributed by atoms with Crippen LogP contribution < -0.4 is 5.32 Å². The van der Waals surface area contributed by atoms with Gasteiger partial charge in [-0.15, -0.1) is 0 Å². The van der Waals surface area contributed by atoms with E-state index in [4.69, 9.17) is 5.41 Å². The Labute approximate surface area is 78.0 Å². The van der Waals surface area contributed by atoms with Gasteiger partial charge in [-0.1, -0.05) is 12.2 Å². The second-order valence-corrected chi connectivity index (χ2v) is 3.14. The maximum absolute atomic E-state index is 11.2. The first kappa shape index (κ1) is 9.71. The fraction of sp³-hybridized carbons (Fsp3) is 0.400. The Bertz CT molecular complexity index is 277. The average Bonchev–Trinajstić information content (AvgIpc) is 2.04. The molecule has 0 heterocycles. The summed E-state index contributed by atoms with van der Waals surface area (Å²) >= 11 is 0. The molecular formula is C10H14N2O. The first-order chi connectivity index (χ1) is 6.18. The third-order valence-corrected chi connectivity index (χ3v) is 1.70. The van der Waals surface area contributed by atoms with Gasteiger partial charge in [-0.25, -0.2) is 0 Å². The van der Waals surface area contributed by atoms with E-state index in [0.717, 1.165) is 18.5 Å². The van der Waals surface area contributed by atoms with E-state index in [1.54, 1.807) is 6.92 Å². The molecule has 13 heavy (non-hydrogen) atoms. The minimum Gasteiger partial charge on any atom is -0.326 e. The van der Waals surface area contributed by atoms with Gasteiger partial charge in [0, 0.05) is 11.4 Å². The maximum atomic E-state index is 11.2. The molecule has 0 aromatic heterocycles. The van der Waals surface area contributed by atoms with Crippen molar-refractivity contribution in [3.63, 3.8) is 0 Å². The van der Waals surface area contributed by atoms with Crippen LogP contribution in [0.2, 0.25) is 0 Å². The Balaban J connectivity index is 2.40. The minimum atomic E-state index is -0.106. The van der Waals surface area contributed by atoms with Crippen molar-refractivity contribution in [2.45, 2.75) is 26.2 Å². The van der Waals surface area contributed by atoms with E-state index < -0.39 is 0 Å². The molecule has 1 aliphatic carbocycles. The van der Waals surface area contributed by atoms with Crippen LogP contribution in [0, 0.1) is 5.41 Å².